The SMILES string of the molecule is O=C1OC(c2ccc(Cl)cc2)=CC(c2ccco2)N1c1ccc([N+](=O)[O-])cc1. The van der Waals surface area contributed by atoms with E-state index in [4.69, 9.17) is 20.8 Å². The summed E-state index contributed by atoms with van der Waals surface area (Å²) in [6.45, 7) is 0. The van der Waals surface area contributed by atoms with E-state index in [1.165, 1.54) is 35.4 Å². The zero-order valence-corrected chi connectivity index (χ0v) is 15.1. The Morgan fingerprint density at radius 1 is 1.04 bits per heavy atom. The van der Waals surface area contributed by atoms with Gasteiger partial charge in [0.25, 0.3) is 5.69 Å². The summed E-state index contributed by atoms with van der Waals surface area (Å²) in [5.74, 6) is 0.905. The number of ether oxygens (including phenoxy) is 1. The monoisotopic (exact) mass is 396 g/mol. The molecule has 0 saturated carbocycles. The first-order valence-electron chi connectivity index (χ1n) is 8.29. The van der Waals surface area contributed by atoms with E-state index in [9.17, 15) is 14.9 Å². The van der Waals surface area contributed by atoms with Crippen LogP contribution >= 0.6 is 11.6 Å². The van der Waals surface area contributed by atoms with Gasteiger partial charge in [0.2, 0.25) is 0 Å². The van der Waals surface area contributed by atoms with Crippen LogP contribution in [0.25, 0.3) is 5.76 Å². The number of benzene rings is 2. The standard InChI is InChI=1S/C20H13ClN2O5/c21-14-5-3-13(4-6-14)19-12-17(18-2-1-11-27-18)22(20(24)28-19)15-7-9-16(10-8-15)23(25)26/h1-12,17H. The maximum absolute atomic E-state index is 12.8. The number of hydrogen-bond acceptors (Lipinski definition) is 5. The molecule has 1 atom stereocenters. The lowest BCUT2D eigenvalue weighted by molar-refractivity contribution is -0.384. The first-order valence-corrected chi connectivity index (χ1v) is 8.67. The predicted molar refractivity (Wildman–Crippen MR) is 103 cm³/mol. The second-order valence-corrected chi connectivity index (χ2v) is 6.45. The van der Waals surface area contributed by atoms with E-state index in [2.05, 4.69) is 0 Å². The second-order valence-electron chi connectivity index (χ2n) is 6.01. The number of anilines is 1. The van der Waals surface area contributed by atoms with E-state index < -0.39 is 17.1 Å². The highest BCUT2D eigenvalue weighted by atomic mass is 35.5. The summed E-state index contributed by atoms with van der Waals surface area (Å²) in [6, 6.07) is 15.5. The van der Waals surface area contributed by atoms with Gasteiger partial charge in [-0.3, -0.25) is 15.0 Å². The van der Waals surface area contributed by atoms with Crippen molar-refractivity contribution in [2.75, 3.05) is 4.90 Å². The van der Waals surface area contributed by atoms with Gasteiger partial charge in [-0.25, -0.2) is 4.79 Å². The molecule has 28 heavy (non-hydrogen) atoms. The Bertz CT molecular complexity index is 1040. The van der Waals surface area contributed by atoms with Crippen molar-refractivity contribution in [1.82, 2.24) is 0 Å². The van der Waals surface area contributed by atoms with Crippen molar-refractivity contribution < 1.29 is 18.9 Å². The molecule has 0 bridgehead atoms. The fourth-order valence-electron chi connectivity index (χ4n) is 2.95. The molecule has 1 amide bonds. The lowest BCUT2D eigenvalue weighted by atomic mass is 10.1. The van der Waals surface area contributed by atoms with Gasteiger partial charge >= 0.3 is 6.09 Å². The minimum atomic E-state index is -0.622. The fourth-order valence-corrected chi connectivity index (χ4v) is 3.07. The number of carbonyl (C=O) groups is 1. The molecule has 1 unspecified atom stereocenters. The van der Waals surface area contributed by atoms with Gasteiger partial charge in [-0.05, 0) is 54.6 Å². The van der Waals surface area contributed by atoms with Crippen LogP contribution in [-0.4, -0.2) is 11.0 Å². The third kappa shape index (κ3) is 3.35. The van der Waals surface area contributed by atoms with Crippen molar-refractivity contribution in [2.45, 2.75) is 6.04 Å². The number of nitro groups is 1. The Kier molecular flexibility index (Phi) is 4.58. The van der Waals surface area contributed by atoms with Crippen molar-refractivity contribution >= 4 is 34.8 Å². The van der Waals surface area contributed by atoms with Crippen LogP contribution in [0, 0.1) is 10.1 Å². The third-order valence-electron chi connectivity index (χ3n) is 4.28. The molecular formula is C20H13ClN2O5. The number of non-ortho nitro benzene ring substituents is 1. The molecule has 1 aromatic heterocycles. The Labute approximate surface area is 164 Å². The second kappa shape index (κ2) is 7.21. The minimum Gasteiger partial charge on any atom is -0.467 e. The average Bonchev–Trinajstić information content (AvgIpc) is 3.23. The van der Waals surface area contributed by atoms with Crippen molar-refractivity contribution in [2.24, 2.45) is 0 Å². The topological polar surface area (TPSA) is 85.8 Å². The van der Waals surface area contributed by atoms with E-state index in [0.717, 1.165) is 0 Å². The molecular weight excluding hydrogens is 384 g/mol. The molecule has 0 fully saturated rings. The maximum Gasteiger partial charge on any atom is 0.420 e. The summed E-state index contributed by atoms with van der Waals surface area (Å²) >= 11 is 5.93. The van der Waals surface area contributed by atoms with E-state index in [1.807, 2.05) is 0 Å². The van der Waals surface area contributed by atoms with Crippen molar-refractivity contribution in [1.29, 1.82) is 0 Å². The number of rotatable bonds is 4. The number of furan rings is 1. The van der Waals surface area contributed by atoms with Gasteiger partial charge < -0.3 is 9.15 Å². The molecule has 2 heterocycles. The molecule has 1 aliphatic heterocycles. The van der Waals surface area contributed by atoms with Crippen LogP contribution < -0.4 is 4.90 Å². The summed E-state index contributed by atoms with van der Waals surface area (Å²) in [5.41, 5.74) is 1.07. The minimum absolute atomic E-state index is 0.0685. The number of carbonyl (C=O) groups excluding carboxylic acids is 1. The highest BCUT2D eigenvalue weighted by molar-refractivity contribution is 6.30. The molecule has 0 N–H and O–H groups in total. The molecule has 4 rings (SSSR count). The highest BCUT2D eigenvalue weighted by Crippen LogP contribution is 2.37. The Morgan fingerprint density at radius 3 is 2.36 bits per heavy atom. The molecule has 0 spiro atoms. The normalized spacial score (nSPS) is 16.5. The van der Waals surface area contributed by atoms with E-state index >= 15 is 0 Å². The zero-order valence-electron chi connectivity index (χ0n) is 14.3. The molecule has 7 nitrogen and oxygen atoms in total. The smallest absolute Gasteiger partial charge is 0.420 e. The van der Waals surface area contributed by atoms with E-state index in [1.54, 1.807) is 42.5 Å². The largest absolute Gasteiger partial charge is 0.467 e. The van der Waals surface area contributed by atoms with Crippen LogP contribution in [0.1, 0.15) is 17.4 Å². The van der Waals surface area contributed by atoms with Crippen molar-refractivity contribution in [3.63, 3.8) is 0 Å². The van der Waals surface area contributed by atoms with Gasteiger partial charge in [0.15, 0.2) is 0 Å². The molecule has 0 radical (unpaired) electrons. The van der Waals surface area contributed by atoms with Gasteiger partial charge in [-0.15, -0.1) is 0 Å². The van der Waals surface area contributed by atoms with Gasteiger partial charge in [-0.1, -0.05) is 11.6 Å². The number of cyclic esters (lactones) is 1. The molecule has 140 valence electrons. The first-order chi connectivity index (χ1) is 13.5. The highest BCUT2D eigenvalue weighted by Gasteiger charge is 2.34. The molecule has 1 aliphatic rings. The number of halogens is 1. The summed E-state index contributed by atoms with van der Waals surface area (Å²) in [4.78, 5) is 24.6. The number of nitrogens with zero attached hydrogens (tertiary/aromatic N) is 2. The van der Waals surface area contributed by atoms with Crippen LogP contribution in [0.15, 0.2) is 77.4 Å². The summed E-state index contributed by atoms with van der Waals surface area (Å²) < 4.78 is 11.0. The number of amides is 1. The third-order valence-corrected chi connectivity index (χ3v) is 4.54. The molecule has 3 aromatic rings. The maximum atomic E-state index is 12.8. The quantitative estimate of drug-likeness (QED) is 0.424. The van der Waals surface area contributed by atoms with Gasteiger partial charge in [0.1, 0.15) is 17.6 Å². The lowest BCUT2D eigenvalue weighted by Crippen LogP contribution is -2.37. The summed E-state index contributed by atoms with van der Waals surface area (Å²) in [6.07, 6.45) is 2.65. The van der Waals surface area contributed by atoms with E-state index in [-0.39, 0.29) is 5.69 Å². The van der Waals surface area contributed by atoms with Crippen molar-refractivity contribution in [3.8, 4) is 0 Å². The average molecular weight is 397 g/mol. The van der Waals surface area contributed by atoms with Crippen molar-refractivity contribution in [3.05, 3.63) is 99.5 Å². The zero-order chi connectivity index (χ0) is 19.7. The van der Waals surface area contributed by atoms with Gasteiger partial charge in [0, 0.05) is 28.4 Å². The summed E-state index contributed by atoms with van der Waals surface area (Å²) in [7, 11) is 0. The molecule has 2 aromatic carbocycles. The number of nitro benzene ring substituents is 1. The van der Waals surface area contributed by atoms with Crippen LogP contribution in [0.2, 0.25) is 5.02 Å². The summed E-state index contributed by atoms with van der Waals surface area (Å²) in [5, 5.41) is 11.5. The molecule has 0 aliphatic carbocycles. The Balaban J connectivity index is 1.77. The fraction of sp³-hybridized carbons (Fsp3) is 0.0500. The van der Waals surface area contributed by atoms with Crippen LogP contribution in [0.4, 0.5) is 16.2 Å². The molecule has 8 heteroatoms. The predicted octanol–water partition coefficient (Wildman–Crippen LogP) is 5.58. The van der Waals surface area contributed by atoms with Gasteiger partial charge in [-0.2, -0.15) is 0 Å². The van der Waals surface area contributed by atoms with E-state index in [0.29, 0.717) is 27.8 Å². The van der Waals surface area contributed by atoms with Crippen LogP contribution in [0.5, 0.6) is 0 Å². The van der Waals surface area contributed by atoms with Gasteiger partial charge in [0.05, 0.1) is 11.2 Å². The Morgan fingerprint density at radius 2 is 1.75 bits per heavy atom. The van der Waals surface area contributed by atoms with Crippen LogP contribution in [0.3, 0.4) is 0 Å². The molecule has 0 saturated heterocycles. The lowest BCUT2D eigenvalue weighted by Gasteiger charge is -2.32. The number of hydrogen-bond donors (Lipinski definition) is 0. The van der Waals surface area contributed by atoms with Crippen LogP contribution in [-0.2, 0) is 4.74 Å². The Hall–Kier alpha value is -3.58. The first kappa shape index (κ1) is 17.8.